The Kier molecular flexibility index (Phi) is 3.92. The number of nitrogens with one attached hydrogen (secondary N) is 2. The van der Waals surface area contributed by atoms with Gasteiger partial charge in [-0.1, -0.05) is 0 Å². The maximum atomic E-state index is 11.8. The molecule has 2 aliphatic rings. The second-order valence-electron chi connectivity index (χ2n) is 4.53. The first-order chi connectivity index (χ1) is 7.31. The van der Waals surface area contributed by atoms with E-state index < -0.39 is 0 Å². The zero-order chi connectivity index (χ0) is 10.7. The molecule has 2 N–H and O–H groups in total. The molecular formula is C11H20N2OS. The van der Waals surface area contributed by atoms with Crippen molar-refractivity contribution in [3.05, 3.63) is 0 Å². The Hall–Kier alpha value is -0.220. The lowest BCUT2D eigenvalue weighted by Gasteiger charge is -2.19. The van der Waals surface area contributed by atoms with Crippen molar-refractivity contribution in [2.45, 2.75) is 37.8 Å². The molecule has 2 bridgehead atoms. The molecule has 2 heterocycles. The average Bonchev–Trinajstić information content (AvgIpc) is 2.85. The first-order valence-corrected chi connectivity index (χ1v) is 7.23. The lowest BCUT2D eigenvalue weighted by Crippen LogP contribution is -2.38. The van der Waals surface area contributed by atoms with Crippen LogP contribution in [0.25, 0.3) is 0 Å². The Bertz CT molecular complexity index is 235. The molecular weight excluding hydrogens is 208 g/mol. The van der Waals surface area contributed by atoms with Crippen molar-refractivity contribution in [2.24, 2.45) is 5.92 Å². The van der Waals surface area contributed by atoms with Crippen LogP contribution in [0.1, 0.15) is 25.7 Å². The highest BCUT2D eigenvalue weighted by molar-refractivity contribution is 7.98. The SMILES string of the molecule is CSCCCNC(=O)C1CC2CCC1N2. The summed E-state index contributed by atoms with van der Waals surface area (Å²) in [5.74, 6) is 1.66. The van der Waals surface area contributed by atoms with Crippen LogP contribution in [0.5, 0.6) is 0 Å². The Morgan fingerprint density at radius 3 is 3.00 bits per heavy atom. The van der Waals surface area contributed by atoms with Crippen molar-refractivity contribution >= 4 is 17.7 Å². The van der Waals surface area contributed by atoms with Gasteiger partial charge in [0.1, 0.15) is 0 Å². The fourth-order valence-electron chi connectivity index (χ4n) is 2.67. The maximum Gasteiger partial charge on any atom is 0.224 e. The van der Waals surface area contributed by atoms with Crippen LogP contribution >= 0.6 is 11.8 Å². The number of carbonyl (C=O) groups is 1. The molecule has 3 atom stereocenters. The standard InChI is InChI=1S/C11H20N2OS/c1-15-6-2-5-12-11(14)9-7-8-3-4-10(9)13-8/h8-10,13H,2-7H2,1H3,(H,12,14). The summed E-state index contributed by atoms with van der Waals surface area (Å²) >= 11 is 1.83. The van der Waals surface area contributed by atoms with E-state index in [0.717, 1.165) is 25.1 Å². The van der Waals surface area contributed by atoms with Gasteiger partial charge in [0.25, 0.3) is 0 Å². The number of fused-ring (bicyclic) bond motifs is 2. The molecule has 0 aromatic rings. The van der Waals surface area contributed by atoms with Gasteiger partial charge in [0.15, 0.2) is 0 Å². The summed E-state index contributed by atoms with van der Waals surface area (Å²) in [6.07, 6.45) is 6.69. The van der Waals surface area contributed by atoms with Gasteiger partial charge in [0.05, 0.1) is 5.92 Å². The third-order valence-electron chi connectivity index (χ3n) is 3.46. The number of carbonyl (C=O) groups excluding carboxylic acids is 1. The monoisotopic (exact) mass is 228 g/mol. The number of amides is 1. The van der Waals surface area contributed by atoms with Crippen molar-refractivity contribution in [2.75, 3.05) is 18.6 Å². The van der Waals surface area contributed by atoms with Gasteiger partial charge >= 0.3 is 0 Å². The molecule has 0 aliphatic carbocycles. The molecule has 0 aromatic carbocycles. The average molecular weight is 228 g/mol. The summed E-state index contributed by atoms with van der Waals surface area (Å²) in [5, 5.41) is 6.55. The third-order valence-corrected chi connectivity index (χ3v) is 4.16. The maximum absolute atomic E-state index is 11.8. The predicted molar refractivity (Wildman–Crippen MR) is 64.1 cm³/mol. The Morgan fingerprint density at radius 2 is 2.40 bits per heavy atom. The minimum absolute atomic E-state index is 0.248. The Labute approximate surface area is 95.8 Å². The van der Waals surface area contributed by atoms with Crippen LogP contribution in [-0.2, 0) is 4.79 Å². The summed E-state index contributed by atoms with van der Waals surface area (Å²) in [6, 6.07) is 1.09. The summed E-state index contributed by atoms with van der Waals surface area (Å²) in [6.45, 7) is 0.841. The van der Waals surface area contributed by atoms with Crippen LogP contribution < -0.4 is 10.6 Å². The van der Waals surface area contributed by atoms with Crippen LogP contribution in [-0.4, -0.2) is 36.5 Å². The van der Waals surface area contributed by atoms with E-state index in [1.807, 2.05) is 11.8 Å². The van der Waals surface area contributed by atoms with Crippen LogP contribution in [0.4, 0.5) is 0 Å². The highest BCUT2D eigenvalue weighted by Gasteiger charge is 2.42. The van der Waals surface area contributed by atoms with E-state index in [-0.39, 0.29) is 11.8 Å². The van der Waals surface area contributed by atoms with Gasteiger partial charge in [-0.3, -0.25) is 4.79 Å². The van der Waals surface area contributed by atoms with Gasteiger partial charge in [0, 0.05) is 18.6 Å². The van der Waals surface area contributed by atoms with E-state index in [2.05, 4.69) is 16.9 Å². The molecule has 2 rings (SSSR count). The van der Waals surface area contributed by atoms with Gasteiger partial charge in [-0.15, -0.1) is 0 Å². The molecule has 4 heteroatoms. The van der Waals surface area contributed by atoms with Gasteiger partial charge in [-0.2, -0.15) is 11.8 Å². The van der Waals surface area contributed by atoms with E-state index in [4.69, 9.17) is 0 Å². The summed E-state index contributed by atoms with van der Waals surface area (Å²) < 4.78 is 0. The zero-order valence-electron chi connectivity index (χ0n) is 9.29. The van der Waals surface area contributed by atoms with E-state index in [1.54, 1.807) is 0 Å². The zero-order valence-corrected chi connectivity index (χ0v) is 10.1. The number of rotatable bonds is 5. The topological polar surface area (TPSA) is 41.1 Å². The largest absolute Gasteiger partial charge is 0.356 e. The third kappa shape index (κ3) is 2.67. The minimum Gasteiger partial charge on any atom is -0.356 e. The normalized spacial score (nSPS) is 33.3. The van der Waals surface area contributed by atoms with E-state index in [0.29, 0.717) is 12.1 Å². The molecule has 2 fully saturated rings. The second-order valence-corrected chi connectivity index (χ2v) is 5.51. The van der Waals surface area contributed by atoms with Crippen LogP contribution in [0.15, 0.2) is 0 Å². The molecule has 15 heavy (non-hydrogen) atoms. The molecule has 0 radical (unpaired) electrons. The Balaban J connectivity index is 1.68. The quantitative estimate of drug-likeness (QED) is 0.690. The summed E-state index contributed by atoms with van der Waals surface area (Å²) in [7, 11) is 0. The van der Waals surface area contributed by atoms with Crippen molar-refractivity contribution in [3.63, 3.8) is 0 Å². The molecule has 1 amide bonds. The molecule has 86 valence electrons. The van der Waals surface area contributed by atoms with Crippen molar-refractivity contribution in [3.8, 4) is 0 Å². The molecule has 3 nitrogen and oxygen atoms in total. The van der Waals surface area contributed by atoms with Gasteiger partial charge in [0.2, 0.25) is 5.91 Å². The van der Waals surface area contributed by atoms with E-state index >= 15 is 0 Å². The number of hydrogen-bond donors (Lipinski definition) is 2. The number of thioether (sulfide) groups is 1. The highest BCUT2D eigenvalue weighted by Crippen LogP contribution is 2.33. The smallest absolute Gasteiger partial charge is 0.224 e. The predicted octanol–water partition coefficient (Wildman–Crippen LogP) is 0.996. The van der Waals surface area contributed by atoms with E-state index in [1.165, 1.54) is 12.8 Å². The molecule has 2 saturated heterocycles. The first kappa shape index (κ1) is 11.3. The van der Waals surface area contributed by atoms with Gasteiger partial charge in [-0.05, 0) is 37.7 Å². The summed E-state index contributed by atoms with van der Waals surface area (Å²) in [5.41, 5.74) is 0. The summed E-state index contributed by atoms with van der Waals surface area (Å²) in [4.78, 5) is 11.8. The first-order valence-electron chi connectivity index (χ1n) is 5.84. The molecule has 0 aromatic heterocycles. The fourth-order valence-corrected chi connectivity index (χ4v) is 3.11. The minimum atomic E-state index is 0.248. The van der Waals surface area contributed by atoms with Crippen molar-refractivity contribution in [1.29, 1.82) is 0 Å². The molecule has 3 unspecified atom stereocenters. The van der Waals surface area contributed by atoms with Crippen LogP contribution in [0, 0.1) is 5.92 Å². The van der Waals surface area contributed by atoms with Crippen LogP contribution in [0.2, 0.25) is 0 Å². The van der Waals surface area contributed by atoms with Gasteiger partial charge < -0.3 is 10.6 Å². The molecule has 2 aliphatic heterocycles. The van der Waals surface area contributed by atoms with Crippen LogP contribution in [0.3, 0.4) is 0 Å². The van der Waals surface area contributed by atoms with Crippen molar-refractivity contribution in [1.82, 2.24) is 10.6 Å². The highest BCUT2D eigenvalue weighted by atomic mass is 32.2. The molecule has 0 spiro atoms. The fraction of sp³-hybridized carbons (Fsp3) is 0.909. The number of hydrogen-bond acceptors (Lipinski definition) is 3. The van der Waals surface area contributed by atoms with Gasteiger partial charge in [-0.25, -0.2) is 0 Å². The lowest BCUT2D eigenvalue weighted by molar-refractivity contribution is -0.125. The Morgan fingerprint density at radius 1 is 1.53 bits per heavy atom. The lowest BCUT2D eigenvalue weighted by atomic mass is 9.88. The molecule has 0 saturated carbocycles. The second kappa shape index (κ2) is 5.21. The van der Waals surface area contributed by atoms with E-state index in [9.17, 15) is 4.79 Å². The van der Waals surface area contributed by atoms with Crippen molar-refractivity contribution < 1.29 is 4.79 Å².